The van der Waals surface area contributed by atoms with Crippen molar-refractivity contribution in [3.8, 4) is 17.5 Å². The lowest BCUT2D eigenvalue weighted by Gasteiger charge is -2.42. The van der Waals surface area contributed by atoms with E-state index >= 15 is 13.6 Å². The molecule has 0 spiro atoms. The van der Waals surface area contributed by atoms with Crippen LogP contribution in [0.1, 0.15) is 86.0 Å². The summed E-state index contributed by atoms with van der Waals surface area (Å²) in [6, 6.07) is -2.98. The highest BCUT2D eigenvalue weighted by Crippen LogP contribution is 2.52. The minimum atomic E-state index is -4.98. The summed E-state index contributed by atoms with van der Waals surface area (Å²) in [5.41, 5.74) is -4.88. The lowest BCUT2D eigenvalue weighted by molar-refractivity contribution is -0.219. The van der Waals surface area contributed by atoms with Crippen LogP contribution in [0.25, 0.3) is 10.8 Å². The number of carbonyl (C=O) groups excluding carboxylic acids is 3. The van der Waals surface area contributed by atoms with Crippen LogP contribution in [0, 0.1) is 17.8 Å². The number of hydrogen-bond donors (Lipinski definition) is 3. The van der Waals surface area contributed by atoms with Gasteiger partial charge in [-0.25, -0.2) is 22.0 Å². The van der Waals surface area contributed by atoms with E-state index in [4.69, 9.17) is 14.2 Å². The van der Waals surface area contributed by atoms with Crippen LogP contribution in [0.5, 0.6) is 17.5 Å². The van der Waals surface area contributed by atoms with Crippen molar-refractivity contribution in [1.29, 1.82) is 0 Å². The van der Waals surface area contributed by atoms with Gasteiger partial charge in [0.05, 0.1) is 14.2 Å². The lowest BCUT2D eigenvalue weighted by Crippen LogP contribution is -2.64. The van der Waals surface area contributed by atoms with Gasteiger partial charge < -0.3 is 24.6 Å². The molecular weight excluding hydrogens is 831 g/mol. The Balaban J connectivity index is 1.49. The number of hydrogen-bond acceptors (Lipinski definition) is 10. The number of fused-ring (bicyclic) bond motifs is 3. The van der Waals surface area contributed by atoms with Gasteiger partial charge in [0.15, 0.2) is 10.3 Å². The molecule has 4 aliphatic rings. The van der Waals surface area contributed by atoms with Crippen molar-refractivity contribution in [3.05, 3.63) is 36.4 Å². The van der Waals surface area contributed by atoms with E-state index in [-0.39, 0.29) is 47.2 Å². The Morgan fingerprint density at radius 3 is 2.39 bits per heavy atom. The summed E-state index contributed by atoms with van der Waals surface area (Å²) >= 11 is 0. The van der Waals surface area contributed by atoms with Crippen LogP contribution >= 0.6 is 0 Å². The molecule has 4 amide bonds. The predicted octanol–water partition coefficient (Wildman–Crippen LogP) is 5.86. The summed E-state index contributed by atoms with van der Waals surface area (Å²) in [6.07, 6.45) is -2.21. The summed E-state index contributed by atoms with van der Waals surface area (Å²) in [5.74, 6) is -5.95. The summed E-state index contributed by atoms with van der Waals surface area (Å²) in [5, 5.41) is 13.7. The van der Waals surface area contributed by atoms with Gasteiger partial charge in [-0.05, 0) is 94.2 Å². The standard InChI is InChI=1S/C41H53F4N5O10S/c1-8-24(4)49(37(54)55)31-23(3)17-22(2)11-9-10-12-26-20-40(26,36(53)48-61(56,57)39(15-16-39)35(42)43)47-32(51)29-21-38(5,41(44,45)50(29)34(31)52)60-33-28-14-13-27(58-6)18-25(28)19-30(46-33)59-7/h10,12-14,18-19,22-24,26,29,31,35H,8-9,11,15-17,20-21H2,1-7H3,(H,47,51)(H,48,53)(H,54,55)/b12-10-/t22-,23-,24?,26-,29+,31+,38-,40-/m1/s1. The number of benzene rings is 1. The number of allylic oxidation sites excluding steroid dienone is 1. The number of rotatable bonds is 11. The molecule has 336 valence electrons. The molecule has 20 heteroatoms. The van der Waals surface area contributed by atoms with E-state index < -0.39 is 111 Å². The van der Waals surface area contributed by atoms with Gasteiger partial charge in [-0.2, -0.15) is 13.8 Å². The Bertz CT molecular complexity index is 2200. The maximum atomic E-state index is 17.7. The number of carboxylic acid groups (broad SMARTS) is 1. The normalized spacial score (nSPS) is 30.8. The topological polar surface area (TPSA) is 194 Å². The van der Waals surface area contributed by atoms with Crippen LogP contribution in [0.15, 0.2) is 36.4 Å². The third-order valence-electron chi connectivity index (χ3n) is 12.9. The van der Waals surface area contributed by atoms with Gasteiger partial charge in [0, 0.05) is 29.8 Å². The van der Waals surface area contributed by atoms with E-state index in [1.54, 1.807) is 42.9 Å². The van der Waals surface area contributed by atoms with E-state index in [0.717, 1.165) is 11.8 Å². The fourth-order valence-corrected chi connectivity index (χ4v) is 10.3. The minimum absolute atomic E-state index is 0.0169. The maximum Gasteiger partial charge on any atom is 0.408 e. The van der Waals surface area contributed by atoms with E-state index in [0.29, 0.717) is 24.0 Å². The molecule has 1 unspecified atom stereocenters. The Morgan fingerprint density at radius 1 is 1.11 bits per heavy atom. The molecule has 8 atom stereocenters. The number of sulfonamides is 1. The molecule has 1 aromatic carbocycles. The summed E-state index contributed by atoms with van der Waals surface area (Å²) in [7, 11) is -2.25. The van der Waals surface area contributed by atoms with E-state index in [1.807, 2.05) is 6.92 Å². The minimum Gasteiger partial charge on any atom is -0.497 e. The third kappa shape index (κ3) is 8.04. The van der Waals surface area contributed by atoms with Gasteiger partial charge in [0.1, 0.15) is 23.4 Å². The first-order valence-electron chi connectivity index (χ1n) is 20.3. The van der Waals surface area contributed by atoms with Gasteiger partial charge in [-0.15, -0.1) is 0 Å². The molecule has 0 bridgehead atoms. The third-order valence-corrected chi connectivity index (χ3v) is 15.0. The molecule has 3 fully saturated rings. The second-order valence-electron chi connectivity index (χ2n) is 17.1. The van der Waals surface area contributed by atoms with Crippen molar-refractivity contribution < 1.29 is 64.5 Å². The van der Waals surface area contributed by atoms with Gasteiger partial charge in [-0.1, -0.05) is 32.9 Å². The number of carbonyl (C=O) groups is 4. The average molecular weight is 884 g/mol. The van der Waals surface area contributed by atoms with Crippen molar-refractivity contribution in [1.82, 2.24) is 24.8 Å². The molecule has 3 heterocycles. The molecule has 1 aromatic heterocycles. The van der Waals surface area contributed by atoms with Crippen LogP contribution in [-0.2, 0) is 24.4 Å². The monoisotopic (exact) mass is 883 g/mol. The second kappa shape index (κ2) is 16.4. The molecule has 0 radical (unpaired) electrons. The molecule has 2 aromatic rings. The first-order valence-corrected chi connectivity index (χ1v) is 21.8. The summed E-state index contributed by atoms with van der Waals surface area (Å²) in [4.78, 5) is 61.9. The maximum absolute atomic E-state index is 17.7. The lowest BCUT2D eigenvalue weighted by atomic mass is 9.86. The van der Waals surface area contributed by atoms with E-state index in [1.165, 1.54) is 33.3 Å². The zero-order valence-electron chi connectivity index (χ0n) is 35.0. The Hall–Kier alpha value is -4.88. The fraction of sp³-hybridized carbons (Fsp3) is 0.634. The molecule has 1 saturated heterocycles. The van der Waals surface area contributed by atoms with Crippen LogP contribution in [0.3, 0.4) is 0 Å². The fourth-order valence-electron chi connectivity index (χ4n) is 8.75. The van der Waals surface area contributed by atoms with Crippen molar-refractivity contribution in [2.75, 3.05) is 14.2 Å². The molecule has 2 aliphatic heterocycles. The van der Waals surface area contributed by atoms with Crippen molar-refractivity contribution >= 4 is 44.6 Å². The number of nitrogens with one attached hydrogen (secondary N) is 2. The van der Waals surface area contributed by atoms with Crippen LogP contribution in [0.2, 0.25) is 0 Å². The Kier molecular flexibility index (Phi) is 12.3. The number of ether oxygens (including phenoxy) is 3. The zero-order chi connectivity index (χ0) is 45.0. The van der Waals surface area contributed by atoms with Crippen molar-refractivity contribution in [3.63, 3.8) is 0 Å². The Morgan fingerprint density at radius 2 is 1.80 bits per heavy atom. The molecule has 6 rings (SSSR count). The number of methoxy groups -OCH3 is 2. The number of pyridine rings is 1. The highest BCUT2D eigenvalue weighted by atomic mass is 32.2. The molecule has 61 heavy (non-hydrogen) atoms. The molecule has 2 aliphatic carbocycles. The number of alkyl halides is 4. The molecule has 15 nitrogen and oxygen atoms in total. The predicted molar refractivity (Wildman–Crippen MR) is 213 cm³/mol. The number of aromatic nitrogens is 1. The molecule has 2 saturated carbocycles. The average Bonchev–Trinajstić information content (AvgIpc) is 4.12. The van der Waals surface area contributed by atoms with Crippen LogP contribution in [0.4, 0.5) is 22.4 Å². The van der Waals surface area contributed by atoms with Gasteiger partial charge in [-0.3, -0.25) is 28.9 Å². The highest BCUT2D eigenvalue weighted by Gasteiger charge is 2.72. The quantitative estimate of drug-likeness (QED) is 0.139. The second-order valence-corrected chi connectivity index (χ2v) is 19.2. The molecule has 3 N–H and O–H groups in total. The number of halogens is 4. The van der Waals surface area contributed by atoms with Gasteiger partial charge in [0.2, 0.25) is 27.7 Å². The van der Waals surface area contributed by atoms with E-state index in [2.05, 4.69) is 10.3 Å². The molecular formula is C41H53F4N5O10S. The highest BCUT2D eigenvalue weighted by molar-refractivity contribution is 7.91. The number of amides is 4. The van der Waals surface area contributed by atoms with Crippen molar-refractivity contribution in [2.45, 2.75) is 132 Å². The number of nitrogens with zero attached hydrogens (tertiary/aromatic N) is 3. The summed E-state index contributed by atoms with van der Waals surface area (Å²) < 4.78 is 106. The van der Waals surface area contributed by atoms with Crippen LogP contribution < -0.4 is 24.2 Å². The smallest absolute Gasteiger partial charge is 0.408 e. The first-order chi connectivity index (χ1) is 28.5. The zero-order valence-corrected chi connectivity index (χ0v) is 35.9. The Labute approximate surface area is 351 Å². The summed E-state index contributed by atoms with van der Waals surface area (Å²) in [6.45, 7) is 7.63. The van der Waals surface area contributed by atoms with Gasteiger partial charge >= 0.3 is 12.1 Å². The largest absolute Gasteiger partial charge is 0.497 e. The first kappa shape index (κ1) is 45.6. The van der Waals surface area contributed by atoms with Gasteiger partial charge in [0.25, 0.3) is 18.2 Å². The SMILES string of the molecule is CCC(C)N(C(=O)O)[C@@H]1C(=O)N2[C@@H](C[C@@](C)(Oc3nc(OC)cc4cc(OC)ccc34)C2(F)F)C(=O)N[C@]2(C(=O)NS(=O)(=O)C3(C(F)F)CC3)C[C@H]2/C=C\CC[C@@H](C)C[C@H]1C. The van der Waals surface area contributed by atoms with E-state index in [9.17, 15) is 36.7 Å². The van der Waals surface area contributed by atoms with Crippen molar-refractivity contribution in [2.24, 2.45) is 17.8 Å². The van der Waals surface area contributed by atoms with Crippen LogP contribution in [-0.4, -0.2) is 113 Å².